The first-order chi connectivity index (χ1) is 8.21. The standard InChI is InChI=1S/C13H15ClN2O/c1-17-13(6-3-7-13)9-16-12-5-2-4-11(14)10(12)8-15/h2,4-5,16H,3,6-7,9H2,1H3. The second-order valence-electron chi connectivity index (χ2n) is 4.37. The van der Waals surface area contributed by atoms with Gasteiger partial charge < -0.3 is 10.1 Å². The van der Waals surface area contributed by atoms with Gasteiger partial charge in [-0.05, 0) is 31.4 Å². The Morgan fingerprint density at radius 2 is 2.29 bits per heavy atom. The Balaban J connectivity index is 2.09. The van der Waals surface area contributed by atoms with Crippen LogP contribution in [0.5, 0.6) is 0 Å². The number of methoxy groups -OCH3 is 1. The number of hydrogen-bond acceptors (Lipinski definition) is 3. The van der Waals surface area contributed by atoms with Crippen molar-refractivity contribution in [1.29, 1.82) is 5.26 Å². The molecule has 0 heterocycles. The molecule has 3 nitrogen and oxygen atoms in total. The Bertz CT molecular complexity index is 444. The van der Waals surface area contributed by atoms with E-state index in [-0.39, 0.29) is 5.60 Å². The molecule has 0 unspecified atom stereocenters. The van der Waals surface area contributed by atoms with Crippen LogP contribution < -0.4 is 5.32 Å². The predicted octanol–water partition coefficient (Wildman–Crippen LogP) is 3.19. The molecule has 0 aromatic heterocycles. The van der Waals surface area contributed by atoms with Gasteiger partial charge in [0.1, 0.15) is 6.07 Å². The number of halogens is 1. The van der Waals surface area contributed by atoms with Gasteiger partial charge in [0.15, 0.2) is 0 Å². The van der Waals surface area contributed by atoms with E-state index in [2.05, 4.69) is 11.4 Å². The molecule has 4 heteroatoms. The number of nitriles is 1. The van der Waals surface area contributed by atoms with Crippen LogP contribution in [-0.2, 0) is 4.74 Å². The van der Waals surface area contributed by atoms with Crippen LogP contribution in [0.25, 0.3) is 0 Å². The molecule has 1 aromatic carbocycles. The summed E-state index contributed by atoms with van der Waals surface area (Å²) in [6.07, 6.45) is 3.34. The molecule has 2 rings (SSSR count). The fourth-order valence-corrected chi connectivity index (χ4v) is 2.28. The summed E-state index contributed by atoms with van der Waals surface area (Å²) < 4.78 is 5.52. The van der Waals surface area contributed by atoms with E-state index in [1.54, 1.807) is 13.2 Å². The second-order valence-corrected chi connectivity index (χ2v) is 4.78. The first-order valence-corrected chi connectivity index (χ1v) is 6.06. The van der Waals surface area contributed by atoms with E-state index in [1.807, 2.05) is 12.1 Å². The fourth-order valence-electron chi connectivity index (χ4n) is 2.07. The lowest BCUT2D eigenvalue weighted by molar-refractivity contribution is -0.0601. The van der Waals surface area contributed by atoms with Crippen molar-refractivity contribution in [3.8, 4) is 6.07 Å². The van der Waals surface area contributed by atoms with Crippen LogP contribution in [0.4, 0.5) is 5.69 Å². The number of rotatable bonds is 4. The van der Waals surface area contributed by atoms with Gasteiger partial charge in [0, 0.05) is 13.7 Å². The Morgan fingerprint density at radius 1 is 1.53 bits per heavy atom. The van der Waals surface area contributed by atoms with Crippen LogP contribution in [0.3, 0.4) is 0 Å². The predicted molar refractivity (Wildman–Crippen MR) is 68.2 cm³/mol. The van der Waals surface area contributed by atoms with Gasteiger partial charge in [0.2, 0.25) is 0 Å². The van der Waals surface area contributed by atoms with Crippen molar-refractivity contribution in [1.82, 2.24) is 0 Å². The summed E-state index contributed by atoms with van der Waals surface area (Å²) in [6.45, 7) is 0.721. The molecule has 0 spiro atoms. The monoisotopic (exact) mass is 250 g/mol. The fraction of sp³-hybridized carbons (Fsp3) is 0.462. The van der Waals surface area contributed by atoms with Crippen LogP contribution in [-0.4, -0.2) is 19.3 Å². The molecule has 0 amide bonds. The highest BCUT2D eigenvalue weighted by molar-refractivity contribution is 6.32. The maximum absolute atomic E-state index is 9.05. The number of nitrogens with zero attached hydrogens (tertiary/aromatic N) is 1. The summed E-state index contributed by atoms with van der Waals surface area (Å²) in [5.74, 6) is 0. The van der Waals surface area contributed by atoms with Gasteiger partial charge in [-0.2, -0.15) is 5.26 Å². The minimum Gasteiger partial charge on any atom is -0.381 e. The van der Waals surface area contributed by atoms with E-state index >= 15 is 0 Å². The molecule has 17 heavy (non-hydrogen) atoms. The summed E-state index contributed by atoms with van der Waals surface area (Å²) in [6, 6.07) is 7.55. The number of nitrogens with one attached hydrogen (secondary N) is 1. The van der Waals surface area contributed by atoms with Gasteiger partial charge in [-0.3, -0.25) is 0 Å². The molecule has 0 aliphatic heterocycles. The van der Waals surface area contributed by atoms with Crippen LogP contribution in [0.15, 0.2) is 18.2 Å². The van der Waals surface area contributed by atoms with Crippen LogP contribution >= 0.6 is 11.6 Å². The zero-order valence-corrected chi connectivity index (χ0v) is 10.5. The van der Waals surface area contributed by atoms with Gasteiger partial charge in [0.25, 0.3) is 0 Å². The first-order valence-electron chi connectivity index (χ1n) is 5.68. The Kier molecular flexibility index (Phi) is 3.56. The smallest absolute Gasteiger partial charge is 0.103 e. The molecule has 0 bridgehead atoms. The second kappa shape index (κ2) is 4.95. The maximum Gasteiger partial charge on any atom is 0.103 e. The molecule has 1 fully saturated rings. The zero-order chi connectivity index (χ0) is 12.3. The van der Waals surface area contributed by atoms with Crippen molar-refractivity contribution in [3.05, 3.63) is 28.8 Å². The largest absolute Gasteiger partial charge is 0.381 e. The molecule has 0 saturated heterocycles. The lowest BCUT2D eigenvalue weighted by Crippen LogP contribution is -2.45. The third kappa shape index (κ3) is 2.38. The maximum atomic E-state index is 9.05. The van der Waals surface area contributed by atoms with Crippen molar-refractivity contribution >= 4 is 17.3 Å². The number of benzene rings is 1. The Hall–Kier alpha value is -1.24. The molecule has 1 aliphatic rings. The van der Waals surface area contributed by atoms with E-state index in [1.165, 1.54) is 6.42 Å². The van der Waals surface area contributed by atoms with E-state index in [0.717, 1.165) is 25.1 Å². The summed E-state index contributed by atoms with van der Waals surface area (Å²) >= 11 is 5.97. The quantitative estimate of drug-likeness (QED) is 0.893. The van der Waals surface area contributed by atoms with Gasteiger partial charge in [-0.25, -0.2) is 0 Å². The average molecular weight is 251 g/mol. The van der Waals surface area contributed by atoms with Gasteiger partial charge in [-0.1, -0.05) is 17.7 Å². The molecule has 1 aliphatic carbocycles. The summed E-state index contributed by atoms with van der Waals surface area (Å²) in [7, 11) is 1.74. The highest BCUT2D eigenvalue weighted by Gasteiger charge is 2.36. The number of anilines is 1. The molecule has 0 radical (unpaired) electrons. The molecule has 1 N–H and O–H groups in total. The lowest BCUT2D eigenvalue weighted by atomic mass is 9.80. The third-order valence-corrected chi connectivity index (χ3v) is 3.74. The van der Waals surface area contributed by atoms with E-state index < -0.39 is 0 Å². The SMILES string of the molecule is COC1(CNc2cccc(Cl)c2C#N)CCC1. The van der Waals surface area contributed by atoms with Crippen molar-refractivity contribution < 1.29 is 4.74 Å². The highest BCUT2D eigenvalue weighted by atomic mass is 35.5. The molecule has 90 valence electrons. The molecular weight excluding hydrogens is 236 g/mol. The summed E-state index contributed by atoms with van der Waals surface area (Å²) in [5, 5.41) is 12.8. The van der Waals surface area contributed by atoms with E-state index in [9.17, 15) is 0 Å². The van der Waals surface area contributed by atoms with Crippen molar-refractivity contribution in [3.63, 3.8) is 0 Å². The Morgan fingerprint density at radius 3 is 2.82 bits per heavy atom. The van der Waals surface area contributed by atoms with Gasteiger partial charge in [-0.15, -0.1) is 0 Å². The Labute approximate surface area is 106 Å². The molecular formula is C13H15ClN2O. The van der Waals surface area contributed by atoms with Crippen LogP contribution in [0, 0.1) is 11.3 Å². The zero-order valence-electron chi connectivity index (χ0n) is 9.79. The number of hydrogen-bond donors (Lipinski definition) is 1. The van der Waals surface area contributed by atoms with Crippen LogP contribution in [0.2, 0.25) is 5.02 Å². The normalized spacial score (nSPS) is 17.0. The van der Waals surface area contributed by atoms with E-state index in [4.69, 9.17) is 21.6 Å². The van der Waals surface area contributed by atoms with Crippen molar-refractivity contribution in [2.24, 2.45) is 0 Å². The van der Waals surface area contributed by atoms with Gasteiger partial charge >= 0.3 is 0 Å². The minimum atomic E-state index is -0.0605. The third-order valence-electron chi connectivity index (χ3n) is 3.42. The van der Waals surface area contributed by atoms with Gasteiger partial charge in [0.05, 0.1) is 21.9 Å². The highest BCUT2D eigenvalue weighted by Crippen LogP contribution is 2.35. The lowest BCUT2D eigenvalue weighted by Gasteiger charge is -2.40. The molecule has 0 atom stereocenters. The number of ether oxygens (including phenoxy) is 1. The molecule has 1 saturated carbocycles. The van der Waals surface area contributed by atoms with E-state index in [0.29, 0.717) is 10.6 Å². The van der Waals surface area contributed by atoms with Crippen molar-refractivity contribution in [2.75, 3.05) is 19.0 Å². The molecule has 1 aromatic rings. The summed E-state index contributed by atoms with van der Waals surface area (Å²) in [5.41, 5.74) is 1.22. The summed E-state index contributed by atoms with van der Waals surface area (Å²) in [4.78, 5) is 0. The minimum absolute atomic E-state index is 0.0605. The topological polar surface area (TPSA) is 45.0 Å². The van der Waals surface area contributed by atoms with Crippen molar-refractivity contribution in [2.45, 2.75) is 24.9 Å². The average Bonchev–Trinajstić information content (AvgIpc) is 2.28. The first kappa shape index (κ1) is 12.2. The van der Waals surface area contributed by atoms with Crippen LogP contribution in [0.1, 0.15) is 24.8 Å².